The van der Waals surface area contributed by atoms with Crippen LogP contribution < -0.4 is 16.6 Å². The molecule has 86 valence electrons. The molecule has 0 amide bonds. The molecule has 0 radical (unpaired) electrons. The van der Waals surface area contributed by atoms with E-state index in [1.807, 2.05) is 0 Å². The third-order valence-corrected chi connectivity index (χ3v) is 3.44. The summed E-state index contributed by atoms with van der Waals surface area (Å²) < 4.78 is 0. The van der Waals surface area contributed by atoms with E-state index < -0.39 is 0 Å². The molecule has 2 aliphatic rings. The van der Waals surface area contributed by atoms with Crippen molar-refractivity contribution in [3.8, 4) is 0 Å². The van der Waals surface area contributed by atoms with Gasteiger partial charge in [0.1, 0.15) is 0 Å². The van der Waals surface area contributed by atoms with Gasteiger partial charge in [-0.25, -0.2) is 10.8 Å². The van der Waals surface area contributed by atoms with Gasteiger partial charge in [-0.05, 0) is 25.2 Å². The van der Waals surface area contributed by atoms with E-state index in [-0.39, 0.29) is 0 Å². The summed E-state index contributed by atoms with van der Waals surface area (Å²) in [5.41, 5.74) is 2.68. The van der Waals surface area contributed by atoms with Crippen molar-refractivity contribution in [1.82, 2.24) is 10.7 Å². The number of aliphatic imine (C=N–C) groups is 1. The summed E-state index contributed by atoms with van der Waals surface area (Å²) in [6.07, 6.45) is 7.74. The number of hydrazine groups is 1. The maximum Gasteiger partial charge on any atom is 0.206 e. The molecule has 0 saturated heterocycles. The number of nitrogens with one attached hydrogen (secondary N) is 2. The van der Waals surface area contributed by atoms with E-state index in [1.165, 1.54) is 38.5 Å². The molecule has 4 heteroatoms. The molecule has 0 spiro atoms. The molecule has 0 aliphatic heterocycles. The standard InChI is InChI=1S/C11H22N4/c1-8-7-10(8)14-11(15-12)13-9-5-3-2-4-6-9/h8-10H,2-7,12H2,1H3,(H2,13,14,15). The van der Waals surface area contributed by atoms with Gasteiger partial charge in [0.25, 0.3) is 0 Å². The molecule has 0 aromatic carbocycles. The molecule has 4 nitrogen and oxygen atoms in total. The summed E-state index contributed by atoms with van der Waals surface area (Å²) in [6.45, 7) is 2.23. The smallest absolute Gasteiger partial charge is 0.206 e. The van der Waals surface area contributed by atoms with Gasteiger partial charge >= 0.3 is 0 Å². The van der Waals surface area contributed by atoms with Gasteiger partial charge in [-0.3, -0.25) is 5.43 Å². The lowest BCUT2D eigenvalue weighted by atomic mass is 9.96. The second-order valence-corrected chi connectivity index (χ2v) is 4.88. The summed E-state index contributed by atoms with van der Waals surface area (Å²) >= 11 is 0. The van der Waals surface area contributed by atoms with Gasteiger partial charge in [0.2, 0.25) is 5.96 Å². The van der Waals surface area contributed by atoms with Gasteiger partial charge in [-0.2, -0.15) is 0 Å². The fourth-order valence-electron chi connectivity index (χ4n) is 2.20. The molecule has 0 aromatic rings. The third kappa shape index (κ3) is 3.09. The molecule has 4 N–H and O–H groups in total. The van der Waals surface area contributed by atoms with Crippen LogP contribution in [0.4, 0.5) is 0 Å². The highest BCUT2D eigenvalue weighted by Gasteiger charge is 2.32. The van der Waals surface area contributed by atoms with Crippen LogP contribution in [0.3, 0.4) is 0 Å². The van der Waals surface area contributed by atoms with Gasteiger partial charge in [-0.15, -0.1) is 0 Å². The predicted molar refractivity (Wildman–Crippen MR) is 62.3 cm³/mol. The molecule has 15 heavy (non-hydrogen) atoms. The lowest BCUT2D eigenvalue weighted by molar-refractivity contribution is 0.410. The average Bonchev–Trinajstić information content (AvgIpc) is 2.95. The Hall–Kier alpha value is -0.770. The molecule has 2 rings (SSSR count). The highest BCUT2D eigenvalue weighted by atomic mass is 15.3. The highest BCUT2D eigenvalue weighted by Crippen LogP contribution is 2.32. The molecular formula is C11H22N4. The lowest BCUT2D eigenvalue weighted by Gasteiger charge is -2.24. The SMILES string of the molecule is CC1CC1N=C(NN)NC1CCCCC1. The topological polar surface area (TPSA) is 62.4 Å². The molecule has 0 aromatic heterocycles. The fourth-order valence-corrected chi connectivity index (χ4v) is 2.20. The second-order valence-electron chi connectivity index (χ2n) is 4.88. The number of guanidine groups is 1. The minimum atomic E-state index is 0.493. The second kappa shape index (κ2) is 4.84. The van der Waals surface area contributed by atoms with Crippen LogP contribution in [0, 0.1) is 5.92 Å². The monoisotopic (exact) mass is 210 g/mol. The van der Waals surface area contributed by atoms with Crippen molar-refractivity contribution in [3.05, 3.63) is 0 Å². The first-order valence-corrected chi connectivity index (χ1v) is 6.10. The number of hydrogen-bond acceptors (Lipinski definition) is 2. The van der Waals surface area contributed by atoms with Crippen LogP contribution in [0.5, 0.6) is 0 Å². The predicted octanol–water partition coefficient (Wildman–Crippen LogP) is 1.14. The highest BCUT2D eigenvalue weighted by molar-refractivity contribution is 5.79. The van der Waals surface area contributed by atoms with Gasteiger partial charge in [0.15, 0.2) is 0 Å². The Labute approximate surface area is 91.7 Å². The molecule has 0 heterocycles. The number of nitrogens with two attached hydrogens (primary N) is 1. The fraction of sp³-hybridized carbons (Fsp3) is 0.909. The molecule has 2 unspecified atom stereocenters. The van der Waals surface area contributed by atoms with E-state index in [0.717, 1.165) is 11.9 Å². The first-order chi connectivity index (χ1) is 7.29. The normalized spacial score (nSPS) is 32.5. The van der Waals surface area contributed by atoms with Crippen molar-refractivity contribution in [2.45, 2.75) is 57.5 Å². The summed E-state index contributed by atoms with van der Waals surface area (Å²) in [5, 5.41) is 3.41. The first kappa shape index (κ1) is 10.7. The molecule has 2 atom stereocenters. The Morgan fingerprint density at radius 3 is 2.47 bits per heavy atom. The largest absolute Gasteiger partial charge is 0.353 e. The van der Waals surface area contributed by atoms with E-state index in [2.05, 4.69) is 22.7 Å². The summed E-state index contributed by atoms with van der Waals surface area (Å²) in [6, 6.07) is 1.06. The number of hydrogen-bond donors (Lipinski definition) is 3. The van der Waals surface area contributed by atoms with Crippen LogP contribution in [0.15, 0.2) is 4.99 Å². The maximum absolute atomic E-state index is 5.47. The minimum Gasteiger partial charge on any atom is -0.353 e. The van der Waals surface area contributed by atoms with Crippen LogP contribution >= 0.6 is 0 Å². The molecule has 0 bridgehead atoms. The number of nitrogens with zero attached hydrogens (tertiary/aromatic N) is 1. The van der Waals surface area contributed by atoms with Crippen molar-refractivity contribution in [2.24, 2.45) is 16.8 Å². The molecule has 2 saturated carbocycles. The van der Waals surface area contributed by atoms with Crippen LogP contribution in [-0.2, 0) is 0 Å². The Kier molecular flexibility index (Phi) is 3.46. The molecule has 2 aliphatic carbocycles. The average molecular weight is 210 g/mol. The quantitative estimate of drug-likeness (QED) is 0.277. The van der Waals surface area contributed by atoms with E-state index in [1.54, 1.807) is 0 Å². The Morgan fingerprint density at radius 1 is 1.27 bits per heavy atom. The van der Waals surface area contributed by atoms with Crippen molar-refractivity contribution in [2.75, 3.05) is 0 Å². The molecular weight excluding hydrogens is 188 g/mol. The summed E-state index contributed by atoms with van der Waals surface area (Å²) in [5.74, 6) is 6.99. The van der Waals surface area contributed by atoms with Crippen LogP contribution in [0.2, 0.25) is 0 Å². The van der Waals surface area contributed by atoms with E-state index >= 15 is 0 Å². The Morgan fingerprint density at radius 2 is 1.93 bits per heavy atom. The first-order valence-electron chi connectivity index (χ1n) is 6.10. The van der Waals surface area contributed by atoms with Crippen LogP contribution in [0.1, 0.15) is 45.4 Å². The van der Waals surface area contributed by atoms with E-state index in [0.29, 0.717) is 12.1 Å². The Balaban J connectivity index is 1.81. The van der Waals surface area contributed by atoms with Crippen molar-refractivity contribution in [1.29, 1.82) is 0 Å². The zero-order chi connectivity index (χ0) is 10.7. The third-order valence-electron chi connectivity index (χ3n) is 3.44. The van der Waals surface area contributed by atoms with Gasteiger partial charge in [0.05, 0.1) is 6.04 Å². The van der Waals surface area contributed by atoms with Crippen molar-refractivity contribution in [3.63, 3.8) is 0 Å². The van der Waals surface area contributed by atoms with E-state index in [4.69, 9.17) is 5.84 Å². The van der Waals surface area contributed by atoms with Crippen LogP contribution in [-0.4, -0.2) is 18.0 Å². The summed E-state index contributed by atoms with van der Waals surface area (Å²) in [4.78, 5) is 4.55. The minimum absolute atomic E-state index is 0.493. The van der Waals surface area contributed by atoms with Crippen molar-refractivity contribution >= 4 is 5.96 Å². The zero-order valence-corrected chi connectivity index (χ0v) is 9.50. The Bertz CT molecular complexity index is 233. The zero-order valence-electron chi connectivity index (χ0n) is 9.50. The van der Waals surface area contributed by atoms with Gasteiger partial charge in [-0.1, -0.05) is 26.2 Å². The van der Waals surface area contributed by atoms with Gasteiger partial charge < -0.3 is 5.32 Å². The van der Waals surface area contributed by atoms with Crippen molar-refractivity contribution < 1.29 is 0 Å². The van der Waals surface area contributed by atoms with Gasteiger partial charge in [0, 0.05) is 6.04 Å². The number of rotatable bonds is 2. The van der Waals surface area contributed by atoms with E-state index in [9.17, 15) is 0 Å². The van der Waals surface area contributed by atoms with Crippen LogP contribution in [0.25, 0.3) is 0 Å². The maximum atomic E-state index is 5.47. The lowest BCUT2D eigenvalue weighted by Crippen LogP contribution is -2.47. The summed E-state index contributed by atoms with van der Waals surface area (Å²) in [7, 11) is 0. The molecule has 2 fully saturated rings.